The highest BCUT2D eigenvalue weighted by atomic mass is 19.1. The van der Waals surface area contributed by atoms with Gasteiger partial charge in [-0.2, -0.15) is 0 Å². The van der Waals surface area contributed by atoms with Crippen molar-refractivity contribution >= 4 is 28.1 Å². The third-order valence-electron chi connectivity index (χ3n) is 10.4. The second-order valence-electron chi connectivity index (χ2n) is 13.4. The molecule has 0 saturated carbocycles. The molecule has 1 unspecified atom stereocenters. The smallest absolute Gasteiger partial charge is 0.256 e. The predicted octanol–water partition coefficient (Wildman–Crippen LogP) is 5.08. The normalized spacial score (nSPS) is 20.2. The molecular weight excluding hydrogens is 613 g/mol. The number of ether oxygens (including phenoxy) is 3. The fourth-order valence-electron chi connectivity index (χ4n) is 7.77. The molecule has 8 rings (SSSR count). The Bertz CT molecular complexity index is 1900. The highest BCUT2D eigenvalue weighted by molar-refractivity contribution is 6.01. The largest absolute Gasteiger partial charge is 0.488 e. The van der Waals surface area contributed by atoms with Gasteiger partial charge in [0.15, 0.2) is 17.3 Å². The number of amides is 1. The summed E-state index contributed by atoms with van der Waals surface area (Å²) in [5, 5.41) is 6.34. The van der Waals surface area contributed by atoms with Crippen molar-refractivity contribution in [3.05, 3.63) is 69.3 Å². The van der Waals surface area contributed by atoms with E-state index >= 15 is 4.39 Å². The third-order valence-corrected chi connectivity index (χ3v) is 10.4. The Morgan fingerprint density at radius 3 is 2.81 bits per heavy atom. The molecule has 252 valence electrons. The zero-order valence-electron chi connectivity index (χ0n) is 27.4. The fourth-order valence-corrected chi connectivity index (χ4v) is 7.77. The Morgan fingerprint density at radius 2 is 1.98 bits per heavy atom. The van der Waals surface area contributed by atoms with Crippen LogP contribution in [-0.2, 0) is 4.74 Å². The van der Waals surface area contributed by atoms with Gasteiger partial charge in [0.05, 0.1) is 24.3 Å². The van der Waals surface area contributed by atoms with E-state index in [2.05, 4.69) is 39.6 Å². The van der Waals surface area contributed by atoms with E-state index in [1.165, 1.54) is 11.6 Å². The van der Waals surface area contributed by atoms with Crippen LogP contribution in [0.3, 0.4) is 0 Å². The van der Waals surface area contributed by atoms with Crippen LogP contribution in [0.5, 0.6) is 17.2 Å². The molecule has 0 spiro atoms. The maximum atomic E-state index is 16.0. The van der Waals surface area contributed by atoms with Gasteiger partial charge in [0, 0.05) is 50.0 Å². The van der Waals surface area contributed by atoms with Crippen LogP contribution in [0.1, 0.15) is 54.4 Å². The van der Waals surface area contributed by atoms with Gasteiger partial charge in [0.2, 0.25) is 5.43 Å². The van der Waals surface area contributed by atoms with E-state index in [-0.39, 0.29) is 22.4 Å². The summed E-state index contributed by atoms with van der Waals surface area (Å²) in [6.45, 7) is 6.51. The summed E-state index contributed by atoms with van der Waals surface area (Å²) in [7, 11) is 2.13. The molecule has 1 aliphatic carbocycles. The first-order valence-corrected chi connectivity index (χ1v) is 17.3. The Hall–Kier alpha value is -4.19. The van der Waals surface area contributed by atoms with Crippen molar-refractivity contribution in [1.82, 2.24) is 19.7 Å². The van der Waals surface area contributed by atoms with E-state index in [1.54, 1.807) is 6.20 Å². The number of allylic oxidation sites excluding steroid dienone is 2. The maximum Gasteiger partial charge on any atom is 0.256 e. The number of aromatic nitrogens is 1. The van der Waals surface area contributed by atoms with Crippen LogP contribution in [0.2, 0.25) is 0 Å². The Morgan fingerprint density at radius 1 is 1.10 bits per heavy atom. The molecule has 0 bridgehead atoms. The van der Waals surface area contributed by atoms with Gasteiger partial charge < -0.3 is 34.3 Å². The lowest BCUT2D eigenvalue weighted by Crippen LogP contribution is -2.38. The van der Waals surface area contributed by atoms with E-state index in [0.29, 0.717) is 61.7 Å². The summed E-state index contributed by atoms with van der Waals surface area (Å²) in [4.78, 5) is 32.2. The molecule has 4 aliphatic heterocycles. The molecule has 2 aromatic carbocycles. The SMILES string of the molecule is CN1CCCC1CCNc1c(F)cc2c(=O)c(C(=O)NCCCN3CCOCC3)cn3c2c1Oc1cc2c(cc1-3)C1=C(C=CCC1)CO2. The van der Waals surface area contributed by atoms with Crippen LogP contribution in [0, 0.1) is 5.82 Å². The molecule has 2 fully saturated rings. The molecule has 0 radical (unpaired) electrons. The number of hydrogen-bond donors (Lipinski definition) is 2. The number of anilines is 1. The summed E-state index contributed by atoms with van der Waals surface area (Å²) >= 11 is 0. The molecule has 1 atom stereocenters. The molecule has 10 nitrogen and oxygen atoms in total. The monoisotopic (exact) mass is 655 g/mol. The van der Waals surface area contributed by atoms with Gasteiger partial charge in [-0.1, -0.05) is 12.2 Å². The van der Waals surface area contributed by atoms with E-state index in [0.717, 1.165) is 75.8 Å². The topological polar surface area (TPSA) is 97.3 Å². The van der Waals surface area contributed by atoms with Crippen LogP contribution in [0.25, 0.3) is 22.2 Å². The summed E-state index contributed by atoms with van der Waals surface area (Å²) in [5.41, 5.74) is 4.10. The maximum absolute atomic E-state index is 16.0. The minimum absolute atomic E-state index is 0.0356. The Labute approximate surface area is 279 Å². The lowest BCUT2D eigenvalue weighted by atomic mass is 9.89. The van der Waals surface area contributed by atoms with Gasteiger partial charge in [-0.3, -0.25) is 14.5 Å². The number of morpholine rings is 1. The van der Waals surface area contributed by atoms with E-state index in [1.807, 2.05) is 16.7 Å². The van der Waals surface area contributed by atoms with Crippen molar-refractivity contribution in [3.63, 3.8) is 0 Å². The van der Waals surface area contributed by atoms with Crippen molar-refractivity contribution in [2.24, 2.45) is 0 Å². The fraction of sp³-hybridized carbons (Fsp3) is 0.459. The van der Waals surface area contributed by atoms with Gasteiger partial charge in [-0.15, -0.1) is 0 Å². The molecule has 2 N–H and O–H groups in total. The lowest BCUT2D eigenvalue weighted by Gasteiger charge is -2.30. The van der Waals surface area contributed by atoms with Crippen molar-refractivity contribution in [1.29, 1.82) is 0 Å². The number of likely N-dealkylation sites (tertiary alicyclic amines) is 1. The lowest BCUT2D eigenvalue weighted by molar-refractivity contribution is 0.0374. The van der Waals surface area contributed by atoms with Crippen molar-refractivity contribution in [3.8, 4) is 22.9 Å². The third kappa shape index (κ3) is 5.67. The predicted molar refractivity (Wildman–Crippen MR) is 183 cm³/mol. The number of pyridine rings is 1. The van der Waals surface area contributed by atoms with Crippen LogP contribution in [-0.4, -0.2) is 92.5 Å². The van der Waals surface area contributed by atoms with Gasteiger partial charge >= 0.3 is 0 Å². The summed E-state index contributed by atoms with van der Waals surface area (Å²) in [6.07, 6.45) is 11.6. The quantitative estimate of drug-likeness (QED) is 0.241. The molecule has 1 aromatic heterocycles. The molecule has 11 heteroatoms. The van der Waals surface area contributed by atoms with Crippen molar-refractivity contribution in [2.45, 2.75) is 44.6 Å². The van der Waals surface area contributed by atoms with E-state index in [4.69, 9.17) is 14.2 Å². The van der Waals surface area contributed by atoms with E-state index in [9.17, 15) is 9.59 Å². The number of nitrogens with zero attached hydrogens (tertiary/aromatic N) is 3. The van der Waals surface area contributed by atoms with Crippen LogP contribution in [0.15, 0.2) is 46.9 Å². The second kappa shape index (κ2) is 13.0. The summed E-state index contributed by atoms with van der Waals surface area (Å²) in [6, 6.07) is 5.55. The number of halogens is 1. The number of nitrogens with one attached hydrogen (secondary N) is 2. The highest BCUT2D eigenvalue weighted by Gasteiger charge is 2.32. The molecule has 3 aromatic rings. The van der Waals surface area contributed by atoms with Gasteiger partial charge in [-0.25, -0.2) is 4.39 Å². The average molecular weight is 656 g/mol. The van der Waals surface area contributed by atoms with Crippen LogP contribution >= 0.6 is 0 Å². The number of rotatable bonds is 9. The molecule has 5 aliphatic rings. The standard InChI is InChI=1S/C37H42FN5O5/c1-41-12-4-7-24(41)9-11-39-33-29(38)18-27-34-36(33)48-32-20-31-26(25-8-3-2-6-23(25)22-47-31)19-30(32)43(34)21-28(35(27)44)37(45)40-10-5-13-42-14-16-46-17-15-42/h2,6,18-21,24,39H,3-5,7-17,22H2,1H3,(H,40,45). The number of hydrogen-bond acceptors (Lipinski definition) is 8. The van der Waals surface area contributed by atoms with Gasteiger partial charge in [-0.05, 0) is 81.9 Å². The summed E-state index contributed by atoms with van der Waals surface area (Å²) in [5.74, 6) is 0.349. The number of benzene rings is 2. The first kappa shape index (κ1) is 31.1. The Kier molecular flexibility index (Phi) is 8.44. The highest BCUT2D eigenvalue weighted by Crippen LogP contribution is 2.49. The van der Waals surface area contributed by atoms with Gasteiger partial charge in [0.25, 0.3) is 5.91 Å². The summed E-state index contributed by atoms with van der Waals surface area (Å²) < 4.78 is 35.9. The number of fused-ring (bicyclic) bond motifs is 4. The zero-order valence-corrected chi connectivity index (χ0v) is 27.4. The first-order valence-electron chi connectivity index (χ1n) is 17.3. The molecule has 1 amide bonds. The molecule has 5 heterocycles. The Balaban J connectivity index is 1.17. The molecular formula is C37H42FN5O5. The van der Waals surface area contributed by atoms with Crippen molar-refractivity contribution < 1.29 is 23.4 Å². The molecule has 48 heavy (non-hydrogen) atoms. The van der Waals surface area contributed by atoms with E-state index < -0.39 is 17.2 Å². The van der Waals surface area contributed by atoms with Gasteiger partial charge in [0.1, 0.15) is 29.1 Å². The number of carbonyl (C=O) groups is 1. The second-order valence-corrected chi connectivity index (χ2v) is 13.4. The van der Waals surface area contributed by atoms with Crippen LogP contribution < -0.4 is 25.5 Å². The minimum Gasteiger partial charge on any atom is -0.488 e. The van der Waals surface area contributed by atoms with Crippen LogP contribution in [0.4, 0.5) is 10.1 Å². The number of carbonyl (C=O) groups excluding carboxylic acids is 1. The first-order chi connectivity index (χ1) is 23.5. The average Bonchev–Trinajstić information content (AvgIpc) is 3.52. The van der Waals surface area contributed by atoms with Crippen molar-refractivity contribution in [2.75, 3.05) is 71.5 Å². The molecule has 2 saturated heterocycles. The zero-order chi connectivity index (χ0) is 32.8. The minimum atomic E-state index is -0.592.